The van der Waals surface area contributed by atoms with E-state index in [4.69, 9.17) is 4.74 Å². The van der Waals surface area contributed by atoms with Crippen molar-refractivity contribution in [1.29, 1.82) is 0 Å². The number of carboxylic acid groups (broad SMARTS) is 2. The minimum atomic E-state index is -1.02. The Labute approximate surface area is 164 Å². The summed E-state index contributed by atoms with van der Waals surface area (Å²) in [7, 11) is 0. The van der Waals surface area contributed by atoms with Crippen LogP contribution in [-0.2, 0) is 16.2 Å². The fourth-order valence-corrected chi connectivity index (χ4v) is 2.82. The lowest BCUT2D eigenvalue weighted by Crippen LogP contribution is -2.41. The number of nitrogens with zero attached hydrogens (tertiary/aromatic N) is 1. The average Bonchev–Trinajstić information content (AvgIpc) is 2.66. The summed E-state index contributed by atoms with van der Waals surface area (Å²) >= 11 is 0. The highest BCUT2D eigenvalue weighted by Gasteiger charge is 2.25. The van der Waals surface area contributed by atoms with Crippen molar-refractivity contribution in [3.05, 3.63) is 59.9 Å². The molecule has 1 aromatic carbocycles. The van der Waals surface area contributed by atoms with E-state index >= 15 is 0 Å². The molecule has 2 aromatic rings. The quantitative estimate of drug-likeness (QED) is 0.545. The largest absolute Gasteiger partial charge is 0.489 e. The molecule has 1 heterocycles. The van der Waals surface area contributed by atoms with Crippen molar-refractivity contribution in [1.82, 2.24) is 10.3 Å². The van der Waals surface area contributed by atoms with E-state index in [0.717, 1.165) is 5.56 Å². The summed E-state index contributed by atoms with van der Waals surface area (Å²) in [5.41, 5.74) is 1.51. The normalized spacial score (nSPS) is 13.1. The standard InChI is InChI=1S/C21H26N2O5/c1-14(2)10-19(21(26)27)23-12-18(20(24)25)16-4-3-5-17(11-16)28-13-15-6-8-22-9-7-15/h3-9,11,14,18-19,23H,10,12-13H2,1-2H3,(H,24,25)(H,26,27). The molecule has 0 aliphatic rings. The SMILES string of the molecule is CC(C)CC(NCC(C(=O)O)c1cccc(OCc2ccncc2)c1)C(=O)O. The molecule has 0 fully saturated rings. The predicted octanol–water partition coefficient (Wildman–Crippen LogP) is 2.92. The number of aromatic nitrogens is 1. The number of hydrogen-bond donors (Lipinski definition) is 3. The van der Waals surface area contributed by atoms with Crippen LogP contribution < -0.4 is 10.1 Å². The lowest BCUT2D eigenvalue weighted by molar-refractivity contribution is -0.142. The molecule has 0 spiro atoms. The van der Waals surface area contributed by atoms with Crippen LogP contribution in [0.3, 0.4) is 0 Å². The van der Waals surface area contributed by atoms with Crippen LogP contribution >= 0.6 is 0 Å². The summed E-state index contributed by atoms with van der Waals surface area (Å²) in [5, 5.41) is 21.8. The zero-order valence-corrected chi connectivity index (χ0v) is 16.0. The second-order valence-corrected chi connectivity index (χ2v) is 7.04. The van der Waals surface area contributed by atoms with Crippen LogP contribution in [0.15, 0.2) is 48.8 Å². The first kappa shape index (κ1) is 21.4. The van der Waals surface area contributed by atoms with E-state index in [-0.39, 0.29) is 12.5 Å². The summed E-state index contributed by atoms with van der Waals surface area (Å²) in [4.78, 5) is 27.1. The molecule has 150 valence electrons. The minimum absolute atomic E-state index is 0.0207. The lowest BCUT2D eigenvalue weighted by atomic mass is 9.97. The van der Waals surface area contributed by atoms with Crippen molar-refractivity contribution in [2.45, 2.75) is 38.8 Å². The number of pyridine rings is 1. The van der Waals surface area contributed by atoms with Gasteiger partial charge in [0.25, 0.3) is 0 Å². The van der Waals surface area contributed by atoms with E-state index in [1.807, 2.05) is 26.0 Å². The van der Waals surface area contributed by atoms with Crippen LogP contribution in [0.25, 0.3) is 0 Å². The molecule has 0 bridgehead atoms. The molecule has 0 amide bonds. The van der Waals surface area contributed by atoms with Crippen molar-refractivity contribution < 1.29 is 24.5 Å². The summed E-state index contributed by atoms with van der Waals surface area (Å²) in [5.74, 6) is -2.14. The molecule has 0 aliphatic heterocycles. The Bertz CT molecular complexity index is 779. The van der Waals surface area contributed by atoms with Crippen molar-refractivity contribution in [2.75, 3.05) is 6.54 Å². The lowest BCUT2D eigenvalue weighted by Gasteiger charge is -2.20. The highest BCUT2D eigenvalue weighted by molar-refractivity contribution is 5.77. The van der Waals surface area contributed by atoms with Gasteiger partial charge in [0.05, 0.1) is 5.92 Å². The number of ether oxygens (including phenoxy) is 1. The highest BCUT2D eigenvalue weighted by Crippen LogP contribution is 2.22. The number of nitrogens with one attached hydrogen (secondary N) is 1. The summed E-state index contributed by atoms with van der Waals surface area (Å²) in [6, 6.07) is 9.78. The van der Waals surface area contributed by atoms with Crippen LogP contribution in [0.2, 0.25) is 0 Å². The van der Waals surface area contributed by atoms with Gasteiger partial charge in [-0.1, -0.05) is 26.0 Å². The van der Waals surface area contributed by atoms with Gasteiger partial charge in [-0.25, -0.2) is 0 Å². The molecule has 2 atom stereocenters. The highest BCUT2D eigenvalue weighted by atomic mass is 16.5. The minimum Gasteiger partial charge on any atom is -0.489 e. The number of rotatable bonds is 11. The molecule has 0 saturated heterocycles. The van der Waals surface area contributed by atoms with Gasteiger partial charge in [-0.3, -0.25) is 14.6 Å². The van der Waals surface area contributed by atoms with Gasteiger partial charge in [-0.15, -0.1) is 0 Å². The maximum atomic E-state index is 11.8. The zero-order chi connectivity index (χ0) is 20.5. The Balaban J connectivity index is 2.06. The van der Waals surface area contributed by atoms with E-state index in [0.29, 0.717) is 24.3 Å². The average molecular weight is 386 g/mol. The van der Waals surface area contributed by atoms with E-state index in [9.17, 15) is 19.8 Å². The number of aliphatic carboxylic acids is 2. The Morgan fingerprint density at radius 1 is 1.11 bits per heavy atom. The predicted molar refractivity (Wildman–Crippen MR) is 104 cm³/mol. The summed E-state index contributed by atoms with van der Waals surface area (Å²) in [6.07, 6.45) is 3.78. The van der Waals surface area contributed by atoms with E-state index in [2.05, 4.69) is 10.3 Å². The Morgan fingerprint density at radius 3 is 2.43 bits per heavy atom. The number of carboxylic acids is 2. The third kappa shape index (κ3) is 6.66. The third-order valence-corrected chi connectivity index (χ3v) is 4.29. The van der Waals surface area contributed by atoms with Crippen molar-refractivity contribution >= 4 is 11.9 Å². The van der Waals surface area contributed by atoms with Crippen LogP contribution in [0.4, 0.5) is 0 Å². The van der Waals surface area contributed by atoms with Gasteiger partial charge in [0, 0.05) is 18.9 Å². The second kappa shape index (κ2) is 10.4. The number of benzene rings is 1. The summed E-state index contributed by atoms with van der Waals surface area (Å²) in [6.45, 7) is 4.22. The molecule has 7 heteroatoms. The van der Waals surface area contributed by atoms with E-state index in [1.54, 1.807) is 36.7 Å². The Kier molecular flexibility index (Phi) is 7.95. The first-order chi connectivity index (χ1) is 13.4. The van der Waals surface area contributed by atoms with Crippen LogP contribution in [0.1, 0.15) is 37.3 Å². The molecule has 0 aliphatic carbocycles. The van der Waals surface area contributed by atoms with Crippen LogP contribution in [-0.4, -0.2) is 39.7 Å². The topological polar surface area (TPSA) is 109 Å². The third-order valence-electron chi connectivity index (χ3n) is 4.29. The van der Waals surface area contributed by atoms with Crippen LogP contribution in [0.5, 0.6) is 5.75 Å². The van der Waals surface area contributed by atoms with Crippen LogP contribution in [0, 0.1) is 5.92 Å². The van der Waals surface area contributed by atoms with E-state index < -0.39 is 23.9 Å². The van der Waals surface area contributed by atoms with Gasteiger partial charge >= 0.3 is 11.9 Å². The van der Waals surface area contributed by atoms with Gasteiger partial charge < -0.3 is 20.3 Å². The molecule has 28 heavy (non-hydrogen) atoms. The molecule has 0 saturated carbocycles. The van der Waals surface area contributed by atoms with Crippen molar-refractivity contribution in [3.63, 3.8) is 0 Å². The first-order valence-corrected chi connectivity index (χ1v) is 9.17. The number of hydrogen-bond acceptors (Lipinski definition) is 5. The first-order valence-electron chi connectivity index (χ1n) is 9.17. The summed E-state index contributed by atoms with van der Waals surface area (Å²) < 4.78 is 5.74. The molecular weight excluding hydrogens is 360 g/mol. The molecule has 0 radical (unpaired) electrons. The maximum Gasteiger partial charge on any atom is 0.320 e. The Hall–Kier alpha value is -2.93. The molecule has 7 nitrogen and oxygen atoms in total. The molecule has 1 aromatic heterocycles. The molecule has 2 unspecified atom stereocenters. The fourth-order valence-electron chi connectivity index (χ4n) is 2.82. The van der Waals surface area contributed by atoms with Crippen molar-refractivity contribution in [3.8, 4) is 5.75 Å². The molecule has 2 rings (SSSR count). The zero-order valence-electron chi connectivity index (χ0n) is 16.0. The second-order valence-electron chi connectivity index (χ2n) is 7.04. The molecular formula is C21H26N2O5. The number of carbonyl (C=O) groups is 2. The van der Waals surface area contributed by atoms with Gasteiger partial charge in [0.15, 0.2) is 0 Å². The van der Waals surface area contributed by atoms with Gasteiger partial charge in [-0.05, 0) is 47.7 Å². The molecule has 3 N–H and O–H groups in total. The smallest absolute Gasteiger partial charge is 0.320 e. The van der Waals surface area contributed by atoms with Crippen molar-refractivity contribution in [2.24, 2.45) is 5.92 Å². The van der Waals surface area contributed by atoms with Gasteiger partial charge in [-0.2, -0.15) is 0 Å². The van der Waals surface area contributed by atoms with Gasteiger partial charge in [0.2, 0.25) is 0 Å². The monoisotopic (exact) mass is 386 g/mol. The Morgan fingerprint density at radius 2 is 1.82 bits per heavy atom. The maximum absolute atomic E-state index is 11.8. The fraction of sp³-hybridized carbons (Fsp3) is 0.381. The van der Waals surface area contributed by atoms with E-state index in [1.165, 1.54) is 0 Å². The van der Waals surface area contributed by atoms with Gasteiger partial charge in [0.1, 0.15) is 18.4 Å².